The molecule has 2 aromatic heterocycles. The molecular formula is C28H29N5O4S2. The van der Waals surface area contributed by atoms with E-state index in [1.54, 1.807) is 29.8 Å². The fraction of sp³-hybridized carbons (Fsp3) is 0.321. The molecule has 2 aliphatic rings. The van der Waals surface area contributed by atoms with E-state index in [2.05, 4.69) is 27.3 Å². The van der Waals surface area contributed by atoms with E-state index in [1.807, 2.05) is 30.3 Å². The summed E-state index contributed by atoms with van der Waals surface area (Å²) >= 11 is 3.28. The summed E-state index contributed by atoms with van der Waals surface area (Å²) in [5.41, 5.74) is 5.95. The van der Waals surface area contributed by atoms with E-state index >= 15 is 0 Å². The van der Waals surface area contributed by atoms with Crippen LogP contribution in [0.15, 0.2) is 36.4 Å². The maximum atomic E-state index is 12.8. The van der Waals surface area contributed by atoms with Crippen molar-refractivity contribution in [1.82, 2.24) is 15.6 Å². The average Bonchev–Trinajstić information content (AvgIpc) is 3.52. The Bertz CT molecular complexity index is 1550. The van der Waals surface area contributed by atoms with Crippen LogP contribution in [-0.4, -0.2) is 56.8 Å². The minimum atomic E-state index is -0.151. The van der Waals surface area contributed by atoms with Crippen molar-refractivity contribution in [1.29, 1.82) is 0 Å². The van der Waals surface area contributed by atoms with Crippen LogP contribution in [0.2, 0.25) is 0 Å². The van der Waals surface area contributed by atoms with Crippen LogP contribution in [0.3, 0.4) is 0 Å². The Morgan fingerprint density at radius 2 is 2.03 bits per heavy atom. The molecule has 0 saturated carbocycles. The highest BCUT2D eigenvalue weighted by Gasteiger charge is 2.25. The SMILES string of the molecule is COCCNCCC(=O)Nc1sc2c(c1-c1nc3ccc(-c4ccc5c(c4)NC(=O)CO5)cc3s1)CCNC2. The maximum absolute atomic E-state index is 12.8. The van der Waals surface area contributed by atoms with Crippen molar-refractivity contribution >= 4 is 55.4 Å². The Labute approximate surface area is 233 Å². The monoisotopic (exact) mass is 563 g/mol. The zero-order valence-corrected chi connectivity index (χ0v) is 23.2. The first-order valence-corrected chi connectivity index (χ1v) is 14.5. The van der Waals surface area contributed by atoms with Crippen LogP contribution in [-0.2, 0) is 27.3 Å². The Morgan fingerprint density at radius 3 is 2.92 bits per heavy atom. The third kappa shape index (κ3) is 5.54. The van der Waals surface area contributed by atoms with Gasteiger partial charge in [-0.2, -0.15) is 0 Å². The average molecular weight is 564 g/mol. The fourth-order valence-electron chi connectivity index (χ4n) is 4.81. The van der Waals surface area contributed by atoms with Gasteiger partial charge in [-0.15, -0.1) is 22.7 Å². The third-order valence-corrected chi connectivity index (χ3v) is 8.92. The van der Waals surface area contributed by atoms with Crippen molar-refractivity contribution in [3.05, 3.63) is 46.8 Å². The predicted molar refractivity (Wildman–Crippen MR) is 156 cm³/mol. The van der Waals surface area contributed by atoms with Gasteiger partial charge in [0.1, 0.15) is 15.8 Å². The normalized spacial score (nSPS) is 14.4. The first-order chi connectivity index (χ1) is 19.1. The van der Waals surface area contributed by atoms with Gasteiger partial charge in [0, 0.05) is 43.6 Å². The molecule has 11 heteroatoms. The number of nitrogens with one attached hydrogen (secondary N) is 4. The van der Waals surface area contributed by atoms with Gasteiger partial charge in [-0.3, -0.25) is 9.59 Å². The molecule has 2 amide bonds. The van der Waals surface area contributed by atoms with E-state index in [-0.39, 0.29) is 18.4 Å². The van der Waals surface area contributed by atoms with Crippen LogP contribution in [0.1, 0.15) is 16.9 Å². The van der Waals surface area contributed by atoms with Crippen LogP contribution < -0.4 is 26.0 Å². The first kappa shape index (κ1) is 25.9. The van der Waals surface area contributed by atoms with Crippen LogP contribution >= 0.6 is 22.7 Å². The molecule has 2 aliphatic heterocycles. The number of amides is 2. The number of carbonyl (C=O) groups excluding carboxylic acids is 2. The number of hydrogen-bond acceptors (Lipinski definition) is 9. The Balaban J connectivity index is 1.28. The van der Waals surface area contributed by atoms with Crippen molar-refractivity contribution < 1.29 is 19.1 Å². The van der Waals surface area contributed by atoms with E-state index < -0.39 is 0 Å². The zero-order valence-electron chi connectivity index (χ0n) is 21.5. The molecular weight excluding hydrogens is 534 g/mol. The molecule has 39 heavy (non-hydrogen) atoms. The van der Waals surface area contributed by atoms with E-state index in [1.165, 1.54) is 10.4 Å². The Kier molecular flexibility index (Phi) is 7.58. The fourth-order valence-corrected chi connectivity index (χ4v) is 7.20. The summed E-state index contributed by atoms with van der Waals surface area (Å²) in [6.45, 7) is 3.68. The van der Waals surface area contributed by atoms with Gasteiger partial charge in [0.25, 0.3) is 5.91 Å². The number of thiazole rings is 1. The number of anilines is 2. The van der Waals surface area contributed by atoms with Gasteiger partial charge in [0.05, 0.1) is 22.5 Å². The summed E-state index contributed by atoms with van der Waals surface area (Å²) in [5, 5.41) is 14.5. The molecule has 0 unspecified atom stereocenters. The van der Waals surface area contributed by atoms with Crippen molar-refractivity contribution in [2.45, 2.75) is 19.4 Å². The van der Waals surface area contributed by atoms with E-state index in [4.69, 9.17) is 14.5 Å². The molecule has 0 radical (unpaired) electrons. The lowest BCUT2D eigenvalue weighted by molar-refractivity contribution is -0.118. The van der Waals surface area contributed by atoms with Crippen molar-refractivity contribution in [3.8, 4) is 27.4 Å². The number of benzene rings is 2. The van der Waals surface area contributed by atoms with Crippen molar-refractivity contribution in [3.63, 3.8) is 0 Å². The molecule has 0 atom stereocenters. The number of rotatable bonds is 9. The lowest BCUT2D eigenvalue weighted by Crippen LogP contribution is -2.25. The highest BCUT2D eigenvalue weighted by Crippen LogP contribution is 2.45. The third-order valence-electron chi connectivity index (χ3n) is 6.74. The number of nitrogens with zero attached hydrogens (tertiary/aromatic N) is 1. The van der Waals surface area contributed by atoms with Crippen LogP contribution in [0.5, 0.6) is 5.75 Å². The quantitative estimate of drug-likeness (QED) is 0.225. The van der Waals surface area contributed by atoms with Crippen molar-refractivity contribution in [2.24, 2.45) is 0 Å². The first-order valence-electron chi connectivity index (χ1n) is 12.9. The molecule has 6 rings (SSSR count). The van der Waals surface area contributed by atoms with E-state index in [0.29, 0.717) is 31.0 Å². The van der Waals surface area contributed by atoms with Gasteiger partial charge in [-0.05, 0) is 53.9 Å². The van der Waals surface area contributed by atoms with Gasteiger partial charge < -0.3 is 30.7 Å². The minimum Gasteiger partial charge on any atom is -0.482 e. The number of fused-ring (bicyclic) bond motifs is 3. The zero-order chi connectivity index (χ0) is 26.8. The second-order valence-corrected chi connectivity index (χ2v) is 11.6. The maximum Gasteiger partial charge on any atom is 0.262 e. The number of carbonyl (C=O) groups is 2. The molecule has 0 fully saturated rings. The molecule has 2 aromatic carbocycles. The minimum absolute atomic E-state index is 0.0143. The molecule has 4 N–H and O–H groups in total. The van der Waals surface area contributed by atoms with Gasteiger partial charge in [0.2, 0.25) is 5.91 Å². The lowest BCUT2D eigenvalue weighted by Gasteiger charge is -2.18. The van der Waals surface area contributed by atoms with E-state index in [9.17, 15) is 9.59 Å². The molecule has 0 saturated heterocycles. The van der Waals surface area contributed by atoms with Crippen LogP contribution in [0.25, 0.3) is 31.9 Å². The molecule has 202 valence electrons. The summed E-state index contributed by atoms with van der Waals surface area (Å²) in [6, 6.07) is 12.0. The summed E-state index contributed by atoms with van der Waals surface area (Å²) in [7, 11) is 1.66. The van der Waals surface area contributed by atoms with Gasteiger partial charge in [-0.25, -0.2) is 4.98 Å². The number of aromatic nitrogens is 1. The predicted octanol–water partition coefficient (Wildman–Crippen LogP) is 4.23. The highest BCUT2D eigenvalue weighted by molar-refractivity contribution is 7.23. The molecule has 9 nitrogen and oxygen atoms in total. The molecule has 0 spiro atoms. The second-order valence-electron chi connectivity index (χ2n) is 9.42. The summed E-state index contributed by atoms with van der Waals surface area (Å²) < 4.78 is 11.6. The Morgan fingerprint density at radius 1 is 1.15 bits per heavy atom. The van der Waals surface area contributed by atoms with Crippen molar-refractivity contribution in [2.75, 3.05) is 50.6 Å². The standard InChI is InChI=1S/C28H29N5O4S2/c1-36-11-10-29-9-7-24(34)33-28-26(18-6-8-30-14-23(18)39-28)27-32-19-4-2-17(13-22(19)38-27)16-3-5-21-20(12-16)31-25(35)15-37-21/h2-5,12-13,29-30H,6-11,14-15H2,1H3,(H,31,35)(H,33,34). The lowest BCUT2D eigenvalue weighted by atomic mass is 10.0. The molecule has 4 aromatic rings. The van der Waals surface area contributed by atoms with Crippen LogP contribution in [0.4, 0.5) is 10.7 Å². The number of methoxy groups -OCH3 is 1. The number of hydrogen-bond donors (Lipinski definition) is 4. The van der Waals surface area contributed by atoms with E-state index in [0.717, 1.165) is 63.0 Å². The number of thiophene rings is 1. The highest BCUT2D eigenvalue weighted by atomic mass is 32.1. The topological polar surface area (TPSA) is 114 Å². The smallest absolute Gasteiger partial charge is 0.262 e. The summed E-state index contributed by atoms with van der Waals surface area (Å²) in [5.74, 6) is 0.512. The van der Waals surface area contributed by atoms with Gasteiger partial charge >= 0.3 is 0 Å². The number of ether oxygens (including phenoxy) is 2. The Hall–Kier alpha value is -3.35. The second kappa shape index (κ2) is 11.4. The van der Waals surface area contributed by atoms with Gasteiger partial charge in [-0.1, -0.05) is 12.1 Å². The molecule has 0 bridgehead atoms. The largest absolute Gasteiger partial charge is 0.482 e. The molecule has 4 heterocycles. The summed E-state index contributed by atoms with van der Waals surface area (Å²) in [4.78, 5) is 30.8. The van der Waals surface area contributed by atoms with Gasteiger partial charge in [0.15, 0.2) is 6.61 Å². The molecule has 0 aliphatic carbocycles. The summed E-state index contributed by atoms with van der Waals surface area (Å²) in [6.07, 6.45) is 1.29. The van der Waals surface area contributed by atoms with Crippen LogP contribution in [0, 0.1) is 0 Å².